The van der Waals surface area contributed by atoms with Crippen LogP contribution in [0.2, 0.25) is 0 Å². The number of aromatic nitrogens is 10. The molecule has 9 aromatic rings. The van der Waals surface area contributed by atoms with Gasteiger partial charge in [-0.3, -0.25) is 14.2 Å². The number of fused-ring (bicyclic) bond motifs is 2. The smallest absolute Gasteiger partial charge is 0.403 e. The van der Waals surface area contributed by atoms with E-state index in [9.17, 15) is 18.0 Å². The fourth-order valence-electron chi connectivity index (χ4n) is 7.88. The van der Waals surface area contributed by atoms with E-state index in [2.05, 4.69) is 57.9 Å². The SMILES string of the molecule is COc1cc2ncnc(-c3cnn(C)c3-c3ccccc3)c2nc1NC(=O)C1(C(F)(F)F)CC1.COc1ccc(CNc2nc3c(-c4cnn(C)c4-c4ccccc4)ncnc3cc2OC)cc1. The van der Waals surface area contributed by atoms with E-state index in [0.717, 1.165) is 39.4 Å². The number of amides is 1. The maximum Gasteiger partial charge on any atom is 0.403 e. The summed E-state index contributed by atoms with van der Waals surface area (Å²) in [4.78, 5) is 39.6. The number of nitrogens with zero attached hydrogens (tertiary/aromatic N) is 10. The summed E-state index contributed by atoms with van der Waals surface area (Å²) in [5.74, 6) is 0.856. The lowest BCUT2D eigenvalue weighted by molar-refractivity contribution is -0.189. The molecule has 16 nitrogen and oxygen atoms in total. The van der Waals surface area contributed by atoms with Crippen LogP contribution in [0.5, 0.6) is 17.2 Å². The van der Waals surface area contributed by atoms with Crippen molar-refractivity contribution in [2.75, 3.05) is 32.0 Å². The maximum absolute atomic E-state index is 13.4. The molecule has 0 saturated heterocycles. The fraction of sp³-hybridized carbons (Fsp3) is 0.204. The van der Waals surface area contributed by atoms with Gasteiger partial charge in [0.25, 0.3) is 0 Å². The Labute approximate surface area is 387 Å². The Balaban J connectivity index is 0.000000170. The quantitative estimate of drug-likeness (QED) is 0.119. The van der Waals surface area contributed by atoms with Crippen molar-refractivity contribution in [3.8, 4) is 62.3 Å². The number of benzene rings is 3. The standard InChI is InChI=1S/C26H24N6O2.C23H19F3N6O2/c1-32-25(18-7-5-4-6-8-18)20(15-30-32)23-24-21(28-16-29-23)13-22(34-3)26(31-24)27-14-17-9-11-19(33-2)12-10-17;1-32-19(13-6-4-3-5-7-13)14(11-29-32)17-18-15(27-12-28-17)10-16(34-2)20(30-18)31-21(33)22(8-9-22)23(24,25)26/h4-13,15-16H,14H2,1-3H3,(H,27,31);3-7,10-12H,8-9H2,1-2H3,(H,30,31,33). The van der Waals surface area contributed by atoms with E-state index >= 15 is 0 Å². The first-order chi connectivity index (χ1) is 32.9. The fourth-order valence-corrected chi connectivity index (χ4v) is 7.88. The zero-order valence-corrected chi connectivity index (χ0v) is 37.4. The van der Waals surface area contributed by atoms with Crippen LogP contribution in [0.4, 0.5) is 24.8 Å². The van der Waals surface area contributed by atoms with Crippen molar-refractivity contribution in [1.29, 1.82) is 0 Å². The molecule has 1 amide bonds. The number of nitrogens with one attached hydrogen (secondary N) is 2. The minimum Gasteiger partial charge on any atom is -0.497 e. The van der Waals surface area contributed by atoms with E-state index in [1.165, 1.54) is 19.5 Å². The highest BCUT2D eigenvalue weighted by Gasteiger charge is 2.68. The predicted molar refractivity (Wildman–Crippen MR) is 250 cm³/mol. The number of aryl methyl sites for hydroxylation is 2. The zero-order chi connectivity index (χ0) is 47.6. The number of ether oxygens (including phenoxy) is 3. The van der Waals surface area contributed by atoms with Gasteiger partial charge < -0.3 is 24.8 Å². The minimum atomic E-state index is -4.64. The van der Waals surface area contributed by atoms with Crippen molar-refractivity contribution >= 4 is 39.6 Å². The van der Waals surface area contributed by atoms with Crippen LogP contribution in [0.15, 0.2) is 122 Å². The first-order valence-corrected chi connectivity index (χ1v) is 21.2. The molecule has 6 heterocycles. The monoisotopic (exact) mass is 920 g/mol. The number of anilines is 2. The van der Waals surface area contributed by atoms with E-state index in [0.29, 0.717) is 57.1 Å². The van der Waals surface area contributed by atoms with Gasteiger partial charge in [0.1, 0.15) is 46.2 Å². The van der Waals surface area contributed by atoms with Crippen LogP contribution in [0.25, 0.3) is 67.1 Å². The Kier molecular flexibility index (Phi) is 12.1. The normalized spacial score (nSPS) is 12.8. The second kappa shape index (κ2) is 18.4. The Morgan fingerprint density at radius 1 is 0.662 bits per heavy atom. The Bertz CT molecular complexity index is 3270. The van der Waals surface area contributed by atoms with E-state index in [1.807, 2.05) is 96.8 Å². The average molecular weight is 921 g/mol. The van der Waals surface area contributed by atoms with Gasteiger partial charge in [0, 0.05) is 55.0 Å². The van der Waals surface area contributed by atoms with Crippen molar-refractivity contribution in [2.45, 2.75) is 25.6 Å². The predicted octanol–water partition coefficient (Wildman–Crippen LogP) is 9.10. The number of carbonyl (C=O) groups is 1. The van der Waals surface area contributed by atoms with Crippen molar-refractivity contribution in [3.63, 3.8) is 0 Å². The topological polar surface area (TPSA) is 182 Å². The zero-order valence-electron chi connectivity index (χ0n) is 37.4. The van der Waals surface area contributed by atoms with Crippen LogP contribution in [0, 0.1) is 5.41 Å². The Morgan fingerprint density at radius 2 is 1.15 bits per heavy atom. The molecule has 0 atom stereocenters. The third kappa shape index (κ3) is 8.56. The average Bonchev–Trinajstić information content (AvgIpc) is 3.99. The molecule has 19 heteroatoms. The Morgan fingerprint density at radius 3 is 1.60 bits per heavy atom. The molecule has 1 fully saturated rings. The molecule has 0 aliphatic heterocycles. The van der Waals surface area contributed by atoms with Crippen molar-refractivity contribution < 1.29 is 32.2 Å². The van der Waals surface area contributed by atoms with Gasteiger partial charge in [-0.25, -0.2) is 29.9 Å². The van der Waals surface area contributed by atoms with Crippen molar-refractivity contribution in [3.05, 3.63) is 128 Å². The van der Waals surface area contributed by atoms with E-state index < -0.39 is 17.5 Å². The molecule has 0 spiro atoms. The molecule has 6 aromatic heterocycles. The molecule has 344 valence electrons. The highest BCUT2D eigenvalue weighted by atomic mass is 19.4. The summed E-state index contributed by atoms with van der Waals surface area (Å²) in [7, 11) is 8.34. The lowest BCUT2D eigenvalue weighted by Crippen LogP contribution is -2.37. The minimum absolute atomic E-state index is 0.0953. The lowest BCUT2D eigenvalue weighted by Gasteiger charge is -2.19. The van der Waals surface area contributed by atoms with Crippen molar-refractivity contribution in [1.82, 2.24) is 49.5 Å². The summed E-state index contributed by atoms with van der Waals surface area (Å²) < 4.78 is 60.0. The molecule has 3 aromatic carbocycles. The number of pyridine rings is 2. The summed E-state index contributed by atoms with van der Waals surface area (Å²) in [6.45, 7) is 0.573. The van der Waals surface area contributed by atoms with E-state index in [1.54, 1.807) is 38.5 Å². The highest BCUT2D eigenvalue weighted by molar-refractivity contribution is 6.01. The van der Waals surface area contributed by atoms with Crippen LogP contribution in [-0.2, 0) is 25.4 Å². The number of hydrogen-bond donors (Lipinski definition) is 2. The molecule has 68 heavy (non-hydrogen) atoms. The molecular formula is C49H43F3N12O4. The third-order valence-electron chi connectivity index (χ3n) is 11.7. The largest absolute Gasteiger partial charge is 0.497 e. The molecule has 1 saturated carbocycles. The molecule has 1 aliphatic rings. The number of carbonyl (C=O) groups excluding carboxylic acids is 1. The van der Waals surface area contributed by atoms with Gasteiger partial charge in [-0.2, -0.15) is 23.4 Å². The van der Waals surface area contributed by atoms with Crippen LogP contribution in [-0.4, -0.2) is 82.9 Å². The molecule has 0 bridgehead atoms. The molecule has 0 radical (unpaired) electrons. The van der Waals surface area contributed by atoms with Gasteiger partial charge in [0.2, 0.25) is 5.91 Å². The number of alkyl halides is 3. The Hall–Kier alpha value is -8.48. The summed E-state index contributed by atoms with van der Waals surface area (Å²) in [6.07, 6.45) is 1.20. The highest BCUT2D eigenvalue weighted by Crippen LogP contribution is 2.58. The molecule has 1 aliphatic carbocycles. The van der Waals surface area contributed by atoms with Gasteiger partial charge in [0.05, 0.1) is 56.1 Å². The summed E-state index contributed by atoms with van der Waals surface area (Å²) >= 11 is 0. The van der Waals surface area contributed by atoms with Crippen LogP contribution >= 0.6 is 0 Å². The summed E-state index contributed by atoms with van der Waals surface area (Å²) in [6, 6.07) is 30.9. The van der Waals surface area contributed by atoms with Crippen LogP contribution in [0.3, 0.4) is 0 Å². The molecule has 0 unspecified atom stereocenters. The molecular weight excluding hydrogens is 878 g/mol. The summed E-state index contributed by atoms with van der Waals surface area (Å²) in [5, 5.41) is 14.6. The number of rotatable bonds is 12. The molecule has 10 rings (SSSR count). The van der Waals surface area contributed by atoms with Crippen LogP contribution in [0.1, 0.15) is 18.4 Å². The van der Waals surface area contributed by atoms with Gasteiger partial charge in [0.15, 0.2) is 23.1 Å². The maximum atomic E-state index is 13.4. The van der Waals surface area contributed by atoms with Gasteiger partial charge >= 0.3 is 6.18 Å². The first kappa shape index (κ1) is 44.7. The third-order valence-corrected chi connectivity index (χ3v) is 11.7. The van der Waals surface area contributed by atoms with E-state index in [4.69, 9.17) is 19.2 Å². The second-order valence-corrected chi connectivity index (χ2v) is 15.8. The first-order valence-electron chi connectivity index (χ1n) is 21.2. The van der Waals surface area contributed by atoms with Crippen molar-refractivity contribution in [2.24, 2.45) is 19.5 Å². The summed E-state index contributed by atoms with van der Waals surface area (Å²) in [5.41, 5.74) is 7.13. The molecule has 2 N–H and O–H groups in total. The second-order valence-electron chi connectivity index (χ2n) is 15.8. The number of methoxy groups -OCH3 is 3. The van der Waals surface area contributed by atoms with Gasteiger partial charge in [-0.15, -0.1) is 0 Å². The number of halogens is 3. The lowest BCUT2D eigenvalue weighted by atomic mass is 10.0. The van der Waals surface area contributed by atoms with E-state index in [-0.39, 0.29) is 24.4 Å². The van der Waals surface area contributed by atoms with Gasteiger partial charge in [-0.05, 0) is 30.5 Å². The van der Waals surface area contributed by atoms with Gasteiger partial charge in [-0.1, -0.05) is 72.8 Å². The number of hydrogen-bond acceptors (Lipinski definition) is 13. The van der Waals surface area contributed by atoms with Crippen LogP contribution < -0.4 is 24.8 Å².